The van der Waals surface area contributed by atoms with Gasteiger partial charge in [0.25, 0.3) is 5.89 Å². The van der Waals surface area contributed by atoms with E-state index in [0.29, 0.717) is 31.3 Å². The molecule has 0 aliphatic heterocycles. The Hall–Kier alpha value is -1.24. The molecule has 0 radical (unpaired) electrons. The van der Waals surface area contributed by atoms with E-state index in [9.17, 15) is 0 Å². The van der Waals surface area contributed by atoms with Crippen LogP contribution in [0.3, 0.4) is 0 Å². The third-order valence-electron chi connectivity index (χ3n) is 2.57. The molecular formula is C14H17BrN2O3. The van der Waals surface area contributed by atoms with Gasteiger partial charge in [0.2, 0.25) is 6.29 Å². The zero-order valence-electron chi connectivity index (χ0n) is 11.5. The normalized spacial score (nSPS) is 11.2. The highest BCUT2D eigenvalue weighted by Gasteiger charge is 2.19. The van der Waals surface area contributed by atoms with Gasteiger partial charge in [-0.1, -0.05) is 33.2 Å². The fraction of sp³-hybridized carbons (Fsp3) is 0.429. The molecule has 1 aromatic heterocycles. The van der Waals surface area contributed by atoms with Gasteiger partial charge in [0.15, 0.2) is 5.82 Å². The van der Waals surface area contributed by atoms with E-state index < -0.39 is 6.29 Å². The summed E-state index contributed by atoms with van der Waals surface area (Å²) in [4.78, 5) is 4.33. The number of hydrogen-bond acceptors (Lipinski definition) is 5. The zero-order valence-corrected chi connectivity index (χ0v) is 13.1. The maximum atomic E-state index is 5.43. The first-order valence-electron chi connectivity index (χ1n) is 6.53. The van der Waals surface area contributed by atoms with Crippen LogP contribution >= 0.6 is 15.9 Å². The molecule has 0 fully saturated rings. The summed E-state index contributed by atoms with van der Waals surface area (Å²) in [6, 6.07) is 8.00. The largest absolute Gasteiger partial charge is 0.345 e. The van der Waals surface area contributed by atoms with Gasteiger partial charge in [-0.2, -0.15) is 4.98 Å². The van der Waals surface area contributed by atoms with Gasteiger partial charge in [-0.3, -0.25) is 0 Å². The Labute approximate surface area is 126 Å². The lowest BCUT2D eigenvalue weighted by atomic mass is 10.1. The quantitative estimate of drug-likeness (QED) is 0.722. The second-order valence-corrected chi connectivity index (χ2v) is 5.01. The summed E-state index contributed by atoms with van der Waals surface area (Å²) in [6.45, 7) is 4.83. The number of hydrogen-bond donors (Lipinski definition) is 0. The number of nitrogens with zero attached hydrogens (tertiary/aromatic N) is 2. The van der Waals surface area contributed by atoms with Crippen molar-refractivity contribution in [1.82, 2.24) is 10.1 Å². The Bertz CT molecular complexity index is 539. The molecule has 0 amide bonds. The van der Waals surface area contributed by atoms with Crippen molar-refractivity contribution < 1.29 is 14.0 Å². The molecule has 5 nitrogen and oxygen atoms in total. The van der Waals surface area contributed by atoms with Gasteiger partial charge in [-0.15, -0.1) is 0 Å². The van der Waals surface area contributed by atoms with Crippen molar-refractivity contribution in [3.8, 4) is 0 Å². The molecule has 108 valence electrons. The number of rotatable bonds is 7. The second kappa shape index (κ2) is 7.52. The molecule has 20 heavy (non-hydrogen) atoms. The van der Waals surface area contributed by atoms with Crippen molar-refractivity contribution in [1.29, 1.82) is 0 Å². The Morgan fingerprint density at radius 2 is 2.00 bits per heavy atom. The minimum Gasteiger partial charge on any atom is -0.345 e. The van der Waals surface area contributed by atoms with Gasteiger partial charge in [0.05, 0.1) is 0 Å². The van der Waals surface area contributed by atoms with Crippen LogP contribution in [0.15, 0.2) is 33.3 Å². The van der Waals surface area contributed by atoms with Crippen LogP contribution in [0.4, 0.5) is 0 Å². The monoisotopic (exact) mass is 340 g/mol. The van der Waals surface area contributed by atoms with Gasteiger partial charge in [0.1, 0.15) is 0 Å². The van der Waals surface area contributed by atoms with Gasteiger partial charge in [-0.25, -0.2) is 0 Å². The molecule has 0 saturated carbocycles. The van der Waals surface area contributed by atoms with Gasteiger partial charge < -0.3 is 14.0 Å². The minimum absolute atomic E-state index is 0.360. The van der Waals surface area contributed by atoms with Gasteiger partial charge in [-0.05, 0) is 31.5 Å². The lowest BCUT2D eigenvalue weighted by molar-refractivity contribution is -0.155. The van der Waals surface area contributed by atoms with Crippen molar-refractivity contribution >= 4 is 15.9 Å². The Balaban J connectivity index is 2.07. The summed E-state index contributed by atoms with van der Waals surface area (Å²) in [5.41, 5.74) is 1.11. The first-order valence-corrected chi connectivity index (χ1v) is 7.32. The van der Waals surface area contributed by atoms with E-state index in [4.69, 9.17) is 14.0 Å². The molecule has 0 aliphatic rings. The fourth-order valence-electron chi connectivity index (χ4n) is 1.76. The first kappa shape index (κ1) is 15.2. The fourth-order valence-corrected chi connectivity index (χ4v) is 2.20. The third kappa shape index (κ3) is 4.13. The Kier molecular flexibility index (Phi) is 5.70. The summed E-state index contributed by atoms with van der Waals surface area (Å²) >= 11 is 3.44. The molecule has 2 aromatic rings. The topological polar surface area (TPSA) is 57.4 Å². The van der Waals surface area contributed by atoms with Crippen LogP contribution < -0.4 is 0 Å². The Morgan fingerprint density at radius 1 is 1.25 bits per heavy atom. The molecule has 1 heterocycles. The molecule has 0 unspecified atom stereocenters. The molecule has 0 atom stereocenters. The smallest absolute Gasteiger partial charge is 0.283 e. The second-order valence-electron chi connectivity index (χ2n) is 4.10. The summed E-state index contributed by atoms with van der Waals surface area (Å²) in [7, 11) is 0. The predicted octanol–water partition coefficient (Wildman–Crippen LogP) is 3.49. The zero-order chi connectivity index (χ0) is 14.4. The van der Waals surface area contributed by atoms with E-state index in [0.717, 1.165) is 10.0 Å². The molecule has 0 aliphatic carbocycles. The van der Waals surface area contributed by atoms with Crippen molar-refractivity contribution in [2.24, 2.45) is 0 Å². The Morgan fingerprint density at radius 3 is 2.65 bits per heavy atom. The summed E-state index contributed by atoms with van der Waals surface area (Å²) in [6.07, 6.45) is 0.0160. The van der Waals surface area contributed by atoms with Crippen molar-refractivity contribution in [3.05, 3.63) is 46.0 Å². The van der Waals surface area contributed by atoms with E-state index in [-0.39, 0.29) is 0 Å². The van der Waals surface area contributed by atoms with E-state index >= 15 is 0 Å². The lowest BCUT2D eigenvalue weighted by Crippen LogP contribution is -2.09. The molecule has 0 bridgehead atoms. The average molecular weight is 341 g/mol. The third-order valence-corrected chi connectivity index (χ3v) is 3.07. The highest BCUT2D eigenvalue weighted by molar-refractivity contribution is 9.10. The standard InChI is InChI=1S/C14H17BrN2O3/c1-3-18-14(19-4-2)13-16-12(17-20-13)9-10-6-5-7-11(15)8-10/h5-8,14H,3-4,9H2,1-2H3. The number of benzene rings is 1. The summed E-state index contributed by atoms with van der Waals surface area (Å²) in [5, 5.41) is 3.97. The maximum absolute atomic E-state index is 5.43. The van der Waals surface area contributed by atoms with Crippen LogP contribution in [0.5, 0.6) is 0 Å². The lowest BCUT2D eigenvalue weighted by Gasteiger charge is -2.11. The molecular weight excluding hydrogens is 324 g/mol. The first-order chi connectivity index (χ1) is 9.72. The van der Waals surface area contributed by atoms with Crippen molar-refractivity contribution in [3.63, 3.8) is 0 Å². The van der Waals surface area contributed by atoms with Crippen molar-refractivity contribution in [2.45, 2.75) is 26.6 Å². The summed E-state index contributed by atoms with van der Waals surface area (Å²) in [5.74, 6) is 0.973. The minimum atomic E-state index is -0.589. The van der Waals surface area contributed by atoms with Gasteiger partial charge >= 0.3 is 0 Å². The molecule has 0 N–H and O–H groups in total. The highest BCUT2D eigenvalue weighted by atomic mass is 79.9. The molecule has 1 aromatic carbocycles. The van der Waals surface area contributed by atoms with E-state index in [2.05, 4.69) is 26.1 Å². The number of halogens is 1. The summed E-state index contributed by atoms with van der Waals surface area (Å²) < 4.78 is 17.1. The molecule has 6 heteroatoms. The maximum Gasteiger partial charge on any atom is 0.283 e. The highest BCUT2D eigenvalue weighted by Crippen LogP contribution is 2.19. The van der Waals surface area contributed by atoms with Crippen LogP contribution in [0.1, 0.15) is 37.4 Å². The van der Waals surface area contributed by atoms with Crippen LogP contribution in [-0.4, -0.2) is 23.4 Å². The van der Waals surface area contributed by atoms with Crippen LogP contribution in [0, 0.1) is 0 Å². The number of ether oxygens (including phenoxy) is 2. The predicted molar refractivity (Wildman–Crippen MR) is 77.2 cm³/mol. The van der Waals surface area contributed by atoms with Crippen molar-refractivity contribution in [2.75, 3.05) is 13.2 Å². The molecule has 2 rings (SSSR count). The van der Waals surface area contributed by atoms with Gasteiger partial charge in [0, 0.05) is 24.1 Å². The number of aromatic nitrogens is 2. The SMILES string of the molecule is CCOC(OCC)c1nc(Cc2cccc(Br)c2)no1. The van der Waals surface area contributed by atoms with E-state index in [1.165, 1.54) is 0 Å². The van der Waals surface area contributed by atoms with E-state index in [1.54, 1.807) is 0 Å². The molecule has 0 spiro atoms. The molecule has 0 saturated heterocycles. The van der Waals surface area contributed by atoms with E-state index in [1.807, 2.05) is 38.1 Å². The van der Waals surface area contributed by atoms with Crippen LogP contribution in [-0.2, 0) is 15.9 Å². The average Bonchev–Trinajstić information content (AvgIpc) is 2.87. The van der Waals surface area contributed by atoms with Crippen LogP contribution in [0.25, 0.3) is 0 Å². The van der Waals surface area contributed by atoms with Crippen LogP contribution in [0.2, 0.25) is 0 Å².